The molecule has 5 heteroatoms. The van der Waals surface area contributed by atoms with Crippen molar-refractivity contribution in [2.45, 2.75) is 45.4 Å². The van der Waals surface area contributed by atoms with Crippen LogP contribution in [-0.2, 0) is 0 Å². The molecule has 0 aliphatic rings. The van der Waals surface area contributed by atoms with E-state index in [-0.39, 0.29) is 0 Å². The summed E-state index contributed by atoms with van der Waals surface area (Å²) in [4.78, 5) is 24.6. The van der Waals surface area contributed by atoms with Crippen LogP contribution in [0.3, 0.4) is 0 Å². The topological polar surface area (TPSA) is 72.6 Å². The molecule has 2 rings (SSSR count). The zero-order valence-electron chi connectivity index (χ0n) is 15.9. The quantitative estimate of drug-likeness (QED) is 0.219. The number of unbranched alkanes of at least 4 members (excludes halogenated alkanes) is 5. The summed E-state index contributed by atoms with van der Waals surface area (Å²) in [7, 11) is 0. The molecule has 144 valence electrons. The van der Waals surface area contributed by atoms with Crippen LogP contribution in [0.4, 0.5) is 0 Å². The molecule has 0 aliphatic heterocycles. The lowest BCUT2D eigenvalue weighted by molar-refractivity contribution is 0.0615. The molecule has 0 fully saturated rings. The average Bonchev–Trinajstić information content (AvgIpc) is 2.72. The first-order chi connectivity index (χ1) is 13.1. The van der Waals surface area contributed by atoms with Crippen molar-refractivity contribution in [2.75, 3.05) is 6.61 Å². The van der Waals surface area contributed by atoms with Crippen LogP contribution < -0.4 is 10.6 Å². The number of hydrogen-bond donors (Lipinski definition) is 1. The number of carbonyl (C=O) groups excluding carboxylic acids is 2. The third-order valence-electron chi connectivity index (χ3n) is 4.33. The molecule has 0 aromatic heterocycles. The van der Waals surface area contributed by atoms with E-state index in [0.29, 0.717) is 28.5 Å². The second kappa shape index (κ2) is 11.1. The maximum absolute atomic E-state index is 12.4. The molecule has 0 bridgehead atoms. The first kappa shape index (κ1) is 20.6. The Morgan fingerprint density at radius 1 is 0.815 bits per heavy atom. The Morgan fingerprint density at radius 2 is 1.37 bits per heavy atom. The highest BCUT2D eigenvalue weighted by molar-refractivity contribution is 6.09. The maximum atomic E-state index is 12.4. The van der Waals surface area contributed by atoms with Crippen LogP contribution in [0.2, 0.25) is 0 Å². The van der Waals surface area contributed by atoms with Crippen molar-refractivity contribution in [1.29, 1.82) is 0 Å². The molecule has 0 spiro atoms. The molecule has 0 unspecified atom stereocenters. The number of rotatable bonds is 10. The highest BCUT2D eigenvalue weighted by Gasteiger charge is 2.20. The smallest absolute Gasteiger partial charge is 0.275 e. The molecule has 0 aliphatic carbocycles. The van der Waals surface area contributed by atoms with Gasteiger partial charge in [-0.3, -0.25) is 9.59 Å². The Hall–Kier alpha value is -2.66. The average molecular weight is 368 g/mol. The van der Waals surface area contributed by atoms with Crippen LogP contribution in [0, 0.1) is 0 Å². The van der Waals surface area contributed by atoms with E-state index in [2.05, 4.69) is 6.92 Å². The van der Waals surface area contributed by atoms with Gasteiger partial charge in [0.2, 0.25) is 0 Å². The Bertz CT molecular complexity index is 714. The van der Waals surface area contributed by atoms with Crippen molar-refractivity contribution in [1.82, 2.24) is 5.01 Å². The number of hydrazine groups is 1. The number of carbonyl (C=O) groups is 2. The molecule has 0 saturated heterocycles. The first-order valence-electron chi connectivity index (χ1n) is 9.55. The van der Waals surface area contributed by atoms with E-state index in [1.165, 1.54) is 32.1 Å². The molecule has 0 saturated carbocycles. The normalized spacial score (nSPS) is 10.4. The van der Waals surface area contributed by atoms with E-state index >= 15 is 0 Å². The number of ether oxygens (including phenoxy) is 1. The lowest BCUT2D eigenvalue weighted by atomic mass is 10.1. The second-order valence-corrected chi connectivity index (χ2v) is 6.49. The summed E-state index contributed by atoms with van der Waals surface area (Å²) < 4.78 is 5.70. The molecule has 5 nitrogen and oxygen atoms in total. The Kier molecular flexibility index (Phi) is 8.52. The number of imide groups is 1. The number of amides is 2. The molecule has 0 heterocycles. The van der Waals surface area contributed by atoms with Gasteiger partial charge >= 0.3 is 0 Å². The molecule has 0 atom stereocenters. The molecular formula is C22H28N2O3. The highest BCUT2D eigenvalue weighted by Crippen LogP contribution is 2.15. The van der Waals surface area contributed by atoms with Crippen LogP contribution >= 0.6 is 0 Å². The van der Waals surface area contributed by atoms with E-state index in [9.17, 15) is 9.59 Å². The second-order valence-electron chi connectivity index (χ2n) is 6.49. The Balaban J connectivity index is 1.81. The minimum absolute atomic E-state index is 0.341. The molecule has 2 aromatic rings. The van der Waals surface area contributed by atoms with Gasteiger partial charge in [0.05, 0.1) is 6.61 Å². The van der Waals surface area contributed by atoms with Crippen molar-refractivity contribution in [3.63, 3.8) is 0 Å². The minimum Gasteiger partial charge on any atom is -0.494 e. The van der Waals surface area contributed by atoms with Gasteiger partial charge in [-0.1, -0.05) is 57.2 Å². The molecule has 2 N–H and O–H groups in total. The summed E-state index contributed by atoms with van der Waals surface area (Å²) in [6, 6.07) is 15.2. The highest BCUT2D eigenvalue weighted by atomic mass is 16.5. The van der Waals surface area contributed by atoms with Gasteiger partial charge in [-0.15, -0.1) is 0 Å². The van der Waals surface area contributed by atoms with Crippen molar-refractivity contribution in [3.05, 3.63) is 65.7 Å². The van der Waals surface area contributed by atoms with Crippen LogP contribution in [-0.4, -0.2) is 23.4 Å². The fourth-order valence-corrected chi connectivity index (χ4v) is 2.72. The largest absolute Gasteiger partial charge is 0.494 e. The minimum atomic E-state index is -0.550. The van der Waals surface area contributed by atoms with Gasteiger partial charge in [0, 0.05) is 11.1 Å². The van der Waals surface area contributed by atoms with E-state index in [1.54, 1.807) is 54.6 Å². The summed E-state index contributed by atoms with van der Waals surface area (Å²) >= 11 is 0. The molecule has 27 heavy (non-hydrogen) atoms. The van der Waals surface area contributed by atoms with E-state index in [4.69, 9.17) is 10.6 Å². The first-order valence-corrected chi connectivity index (χ1v) is 9.55. The van der Waals surface area contributed by atoms with E-state index < -0.39 is 11.8 Å². The summed E-state index contributed by atoms with van der Waals surface area (Å²) in [6.07, 6.45) is 7.25. The van der Waals surface area contributed by atoms with Crippen LogP contribution in [0.5, 0.6) is 5.75 Å². The zero-order valence-corrected chi connectivity index (χ0v) is 15.9. The predicted octanol–water partition coefficient (Wildman–Crippen LogP) is 4.58. The van der Waals surface area contributed by atoms with Gasteiger partial charge in [0.1, 0.15) is 5.75 Å². The fourth-order valence-electron chi connectivity index (χ4n) is 2.72. The van der Waals surface area contributed by atoms with Crippen molar-refractivity contribution >= 4 is 11.8 Å². The van der Waals surface area contributed by atoms with Crippen LogP contribution in [0.25, 0.3) is 0 Å². The van der Waals surface area contributed by atoms with Gasteiger partial charge in [-0.05, 0) is 42.8 Å². The summed E-state index contributed by atoms with van der Waals surface area (Å²) in [5, 5.41) is 0.640. The van der Waals surface area contributed by atoms with Gasteiger partial charge in [0.15, 0.2) is 0 Å². The molecule has 2 aromatic carbocycles. The molecule has 2 amide bonds. The van der Waals surface area contributed by atoms with Crippen LogP contribution in [0.1, 0.15) is 66.2 Å². The molecular weight excluding hydrogens is 340 g/mol. The van der Waals surface area contributed by atoms with Crippen LogP contribution in [0.15, 0.2) is 54.6 Å². The van der Waals surface area contributed by atoms with Crippen molar-refractivity contribution in [2.24, 2.45) is 5.84 Å². The zero-order chi connectivity index (χ0) is 19.5. The summed E-state index contributed by atoms with van der Waals surface area (Å²) in [6.45, 7) is 2.87. The predicted molar refractivity (Wildman–Crippen MR) is 106 cm³/mol. The Labute approximate surface area is 161 Å². The third-order valence-corrected chi connectivity index (χ3v) is 4.33. The van der Waals surface area contributed by atoms with Crippen molar-refractivity contribution < 1.29 is 14.3 Å². The number of nitrogens with two attached hydrogens (primary N) is 1. The maximum Gasteiger partial charge on any atom is 0.275 e. The molecule has 0 radical (unpaired) electrons. The lowest BCUT2D eigenvalue weighted by Crippen LogP contribution is -2.42. The Morgan fingerprint density at radius 3 is 2.00 bits per heavy atom. The summed E-state index contributed by atoms with van der Waals surface area (Å²) in [5.74, 6) is 5.33. The van der Waals surface area contributed by atoms with E-state index in [1.807, 2.05) is 0 Å². The van der Waals surface area contributed by atoms with E-state index in [0.717, 1.165) is 6.42 Å². The number of benzene rings is 2. The van der Waals surface area contributed by atoms with Gasteiger partial charge < -0.3 is 4.74 Å². The third kappa shape index (κ3) is 6.53. The van der Waals surface area contributed by atoms with Gasteiger partial charge in [-0.2, -0.15) is 0 Å². The standard InChI is InChI=1S/C22H28N2O3/c1-2-3-4-5-6-10-17-27-20-15-13-19(14-16-20)22(26)24(23)21(25)18-11-8-7-9-12-18/h7-9,11-16H,2-6,10,17,23H2,1H3. The van der Waals surface area contributed by atoms with Gasteiger partial charge in [-0.25, -0.2) is 10.9 Å². The van der Waals surface area contributed by atoms with Crippen molar-refractivity contribution in [3.8, 4) is 5.75 Å². The summed E-state index contributed by atoms with van der Waals surface area (Å²) in [5.41, 5.74) is 0.709. The number of hydrogen-bond acceptors (Lipinski definition) is 4. The lowest BCUT2D eigenvalue weighted by Gasteiger charge is -2.15. The SMILES string of the molecule is CCCCCCCCOc1ccc(C(=O)N(N)C(=O)c2ccccc2)cc1. The fraction of sp³-hybridized carbons (Fsp3) is 0.364. The number of nitrogens with zero attached hydrogens (tertiary/aromatic N) is 1. The monoisotopic (exact) mass is 368 g/mol. The van der Waals surface area contributed by atoms with Gasteiger partial charge in [0.25, 0.3) is 11.8 Å².